The summed E-state index contributed by atoms with van der Waals surface area (Å²) in [7, 11) is 0. The molecule has 0 amide bonds. The molecular weight excluding hydrogens is 271 g/mol. The van der Waals surface area contributed by atoms with Crippen molar-refractivity contribution in [3.8, 4) is 0 Å². The monoisotopic (exact) mass is 280 g/mol. The van der Waals surface area contributed by atoms with Crippen molar-refractivity contribution in [2.24, 2.45) is 5.84 Å². The van der Waals surface area contributed by atoms with E-state index in [1.165, 1.54) is 4.90 Å². The van der Waals surface area contributed by atoms with Crippen molar-refractivity contribution in [3.05, 3.63) is 21.8 Å². The highest BCUT2D eigenvalue weighted by Gasteiger charge is 1.97. The van der Waals surface area contributed by atoms with Gasteiger partial charge in [0.2, 0.25) is 0 Å². The van der Waals surface area contributed by atoms with Gasteiger partial charge in [-0.2, -0.15) is 0 Å². The molecule has 0 bridgehead atoms. The average Bonchev–Trinajstić information content (AvgIpc) is 2.04. The van der Waals surface area contributed by atoms with Gasteiger partial charge in [-0.05, 0) is 47.0 Å². The van der Waals surface area contributed by atoms with Gasteiger partial charge in [-0.15, -0.1) is 11.8 Å². The molecule has 1 aromatic carbocycles. The van der Waals surface area contributed by atoms with E-state index in [0.717, 1.165) is 9.26 Å². The third-order valence-corrected chi connectivity index (χ3v) is 2.95. The van der Waals surface area contributed by atoms with E-state index in [0.29, 0.717) is 0 Å². The first-order valence-corrected chi connectivity index (χ1v) is 5.38. The van der Waals surface area contributed by atoms with Gasteiger partial charge < -0.3 is 5.43 Å². The highest BCUT2D eigenvalue weighted by Crippen LogP contribution is 2.23. The van der Waals surface area contributed by atoms with Crippen LogP contribution < -0.4 is 11.3 Å². The van der Waals surface area contributed by atoms with Gasteiger partial charge >= 0.3 is 0 Å². The SMILES string of the molecule is CSc1ccc(NN)c(I)c1. The number of thioether (sulfide) groups is 1. The lowest BCUT2D eigenvalue weighted by atomic mass is 10.3. The number of hydrogen-bond acceptors (Lipinski definition) is 3. The van der Waals surface area contributed by atoms with E-state index in [1.807, 2.05) is 12.1 Å². The Bertz CT molecular complexity index is 252. The van der Waals surface area contributed by atoms with E-state index in [4.69, 9.17) is 5.84 Å². The number of rotatable bonds is 2. The first kappa shape index (κ1) is 9.15. The second kappa shape index (κ2) is 4.18. The molecule has 0 unspecified atom stereocenters. The molecule has 0 saturated carbocycles. The van der Waals surface area contributed by atoms with Gasteiger partial charge in [-0.1, -0.05) is 0 Å². The Kier molecular flexibility index (Phi) is 3.47. The molecule has 3 N–H and O–H groups in total. The Balaban J connectivity index is 2.99. The van der Waals surface area contributed by atoms with Gasteiger partial charge in [0.1, 0.15) is 0 Å². The standard InChI is InChI=1S/C7H9IN2S/c1-11-5-2-3-7(10-9)6(8)4-5/h2-4,10H,9H2,1H3. The Morgan fingerprint density at radius 3 is 2.73 bits per heavy atom. The maximum atomic E-state index is 5.28. The third kappa shape index (κ3) is 2.25. The summed E-state index contributed by atoms with van der Waals surface area (Å²) in [5.74, 6) is 5.28. The van der Waals surface area contributed by atoms with Crippen molar-refractivity contribution in [3.63, 3.8) is 0 Å². The van der Waals surface area contributed by atoms with Gasteiger partial charge in [-0.25, -0.2) is 0 Å². The van der Waals surface area contributed by atoms with Crippen LogP contribution in [0.25, 0.3) is 0 Å². The highest BCUT2D eigenvalue weighted by atomic mass is 127. The van der Waals surface area contributed by atoms with Crippen LogP contribution in [0.5, 0.6) is 0 Å². The van der Waals surface area contributed by atoms with Crippen molar-refractivity contribution in [1.82, 2.24) is 0 Å². The van der Waals surface area contributed by atoms with Crippen LogP contribution in [0, 0.1) is 3.57 Å². The van der Waals surface area contributed by atoms with Crippen molar-refractivity contribution in [2.75, 3.05) is 11.7 Å². The van der Waals surface area contributed by atoms with Crippen molar-refractivity contribution < 1.29 is 0 Å². The van der Waals surface area contributed by atoms with E-state index in [2.05, 4.69) is 40.3 Å². The second-order valence-corrected chi connectivity index (χ2v) is 4.03. The Labute approximate surface area is 84.0 Å². The summed E-state index contributed by atoms with van der Waals surface area (Å²) >= 11 is 3.98. The lowest BCUT2D eigenvalue weighted by molar-refractivity contribution is 1.31. The molecule has 2 nitrogen and oxygen atoms in total. The number of nitrogens with two attached hydrogens (primary N) is 1. The number of anilines is 1. The van der Waals surface area contributed by atoms with Crippen LogP contribution in [0.1, 0.15) is 0 Å². The number of hydrogen-bond donors (Lipinski definition) is 2. The molecule has 1 rings (SSSR count). The molecule has 0 atom stereocenters. The van der Waals surface area contributed by atoms with Gasteiger partial charge in [0.15, 0.2) is 0 Å². The van der Waals surface area contributed by atoms with Crippen LogP contribution >= 0.6 is 34.4 Å². The Morgan fingerprint density at radius 2 is 2.27 bits per heavy atom. The molecule has 0 saturated heterocycles. The van der Waals surface area contributed by atoms with Gasteiger partial charge in [0, 0.05) is 8.47 Å². The summed E-state index contributed by atoms with van der Waals surface area (Å²) in [6.45, 7) is 0. The van der Waals surface area contributed by atoms with Crippen molar-refractivity contribution in [2.45, 2.75) is 4.90 Å². The topological polar surface area (TPSA) is 38.0 Å². The lowest BCUT2D eigenvalue weighted by Gasteiger charge is -2.03. The normalized spacial score (nSPS) is 9.73. The fourth-order valence-corrected chi connectivity index (χ4v) is 2.06. The molecule has 0 radical (unpaired) electrons. The molecule has 4 heteroatoms. The summed E-state index contributed by atoms with van der Waals surface area (Å²) in [6, 6.07) is 6.12. The zero-order valence-electron chi connectivity index (χ0n) is 6.10. The van der Waals surface area contributed by atoms with Gasteiger partial charge in [0.25, 0.3) is 0 Å². The zero-order chi connectivity index (χ0) is 8.27. The summed E-state index contributed by atoms with van der Waals surface area (Å²) in [5.41, 5.74) is 3.61. The first-order chi connectivity index (χ1) is 5.27. The minimum atomic E-state index is 0.975. The predicted molar refractivity (Wildman–Crippen MR) is 58.8 cm³/mol. The zero-order valence-corrected chi connectivity index (χ0v) is 9.07. The number of benzene rings is 1. The van der Waals surface area contributed by atoms with E-state index in [9.17, 15) is 0 Å². The van der Waals surface area contributed by atoms with Crippen LogP contribution in [-0.4, -0.2) is 6.26 Å². The highest BCUT2D eigenvalue weighted by molar-refractivity contribution is 14.1. The Morgan fingerprint density at radius 1 is 1.55 bits per heavy atom. The molecule has 60 valence electrons. The van der Waals surface area contributed by atoms with Crippen molar-refractivity contribution >= 4 is 40.0 Å². The molecule has 0 fully saturated rings. The molecule has 0 aromatic heterocycles. The number of nitrogens with one attached hydrogen (secondary N) is 1. The van der Waals surface area contributed by atoms with E-state index >= 15 is 0 Å². The van der Waals surface area contributed by atoms with Crippen LogP contribution in [-0.2, 0) is 0 Å². The molecule has 11 heavy (non-hydrogen) atoms. The van der Waals surface area contributed by atoms with E-state index < -0.39 is 0 Å². The quantitative estimate of drug-likeness (QED) is 0.378. The van der Waals surface area contributed by atoms with E-state index in [1.54, 1.807) is 11.8 Å². The fourth-order valence-electron chi connectivity index (χ4n) is 0.740. The molecular formula is C7H9IN2S. The van der Waals surface area contributed by atoms with Crippen LogP contribution in [0.15, 0.2) is 23.1 Å². The minimum Gasteiger partial charge on any atom is -0.323 e. The Hall–Kier alpha value is 0.0600. The average molecular weight is 280 g/mol. The first-order valence-electron chi connectivity index (χ1n) is 3.08. The van der Waals surface area contributed by atoms with E-state index in [-0.39, 0.29) is 0 Å². The predicted octanol–water partition coefficient (Wildman–Crippen LogP) is 2.30. The van der Waals surface area contributed by atoms with Gasteiger partial charge in [0.05, 0.1) is 5.69 Å². The summed E-state index contributed by atoms with van der Waals surface area (Å²) in [6.07, 6.45) is 2.06. The number of nitrogen functional groups attached to an aromatic ring is 1. The molecule has 0 aliphatic carbocycles. The largest absolute Gasteiger partial charge is 0.323 e. The number of hydrazine groups is 1. The lowest BCUT2D eigenvalue weighted by Crippen LogP contribution is -2.07. The molecule has 1 aromatic rings. The maximum absolute atomic E-state index is 5.28. The second-order valence-electron chi connectivity index (χ2n) is 1.99. The van der Waals surface area contributed by atoms with Crippen molar-refractivity contribution in [1.29, 1.82) is 0 Å². The smallest absolute Gasteiger partial charge is 0.0619 e. The summed E-state index contributed by atoms with van der Waals surface area (Å²) in [5, 5.41) is 0. The molecule has 0 aliphatic rings. The van der Waals surface area contributed by atoms with Crippen LogP contribution in [0.3, 0.4) is 0 Å². The maximum Gasteiger partial charge on any atom is 0.0619 e. The third-order valence-electron chi connectivity index (χ3n) is 1.33. The van der Waals surface area contributed by atoms with Gasteiger partial charge in [-0.3, -0.25) is 5.84 Å². The fraction of sp³-hybridized carbons (Fsp3) is 0.143. The molecule has 0 spiro atoms. The van der Waals surface area contributed by atoms with Crippen LogP contribution in [0.4, 0.5) is 5.69 Å². The minimum absolute atomic E-state index is 0.975. The van der Waals surface area contributed by atoms with Crippen LogP contribution in [0.2, 0.25) is 0 Å². The molecule has 0 heterocycles. The molecule has 0 aliphatic heterocycles. The number of halogens is 1. The summed E-state index contributed by atoms with van der Waals surface area (Å²) < 4.78 is 1.15. The summed E-state index contributed by atoms with van der Waals surface area (Å²) in [4.78, 5) is 1.26.